The van der Waals surface area contributed by atoms with Gasteiger partial charge in [-0.25, -0.2) is 18.2 Å². The first kappa shape index (κ1) is 18.9. The zero-order valence-corrected chi connectivity index (χ0v) is 14.4. The van der Waals surface area contributed by atoms with Gasteiger partial charge in [-0.1, -0.05) is 46.9 Å². The molecular weight excluding hydrogens is 426 g/mol. The summed E-state index contributed by atoms with van der Waals surface area (Å²) in [6, 6.07) is 5.90. The van der Waals surface area contributed by atoms with E-state index in [1.165, 1.54) is 18.2 Å². The molecule has 0 atom stereocenters. The van der Waals surface area contributed by atoms with Gasteiger partial charge in [-0.3, -0.25) is 0 Å². The second-order valence-corrected chi connectivity index (χ2v) is 7.15. The van der Waals surface area contributed by atoms with E-state index in [4.69, 9.17) is 39.5 Å². The number of alkyl halides is 3. The molecule has 2 aromatic carbocycles. The number of fused-ring (bicyclic) bond motifs is 1. The molecule has 11 heteroatoms. The standard InChI is InChI=1S/C15H4Cl3F5N2O/c16-15(17,18)14-24-6-4-2-1-3-5(6)13(25-14)26-12-10(22)8(20)7(19)9(21)11(12)23/h1-4H. The molecule has 0 aliphatic heterocycles. The molecule has 1 aromatic heterocycles. The Labute approximate surface area is 157 Å². The van der Waals surface area contributed by atoms with Gasteiger partial charge in [0.25, 0.3) is 0 Å². The van der Waals surface area contributed by atoms with Gasteiger partial charge in [0, 0.05) is 0 Å². The number of ether oxygens (including phenoxy) is 1. The third-order valence-corrected chi connectivity index (χ3v) is 3.70. The zero-order valence-electron chi connectivity index (χ0n) is 12.1. The van der Waals surface area contributed by atoms with Crippen LogP contribution < -0.4 is 4.74 Å². The van der Waals surface area contributed by atoms with E-state index in [1.54, 1.807) is 6.07 Å². The number of benzene rings is 2. The van der Waals surface area contributed by atoms with Crippen LogP contribution in [0.25, 0.3) is 10.9 Å². The molecule has 0 amide bonds. The molecule has 0 unspecified atom stereocenters. The van der Waals surface area contributed by atoms with Crippen LogP contribution in [0.1, 0.15) is 5.82 Å². The monoisotopic (exact) mass is 428 g/mol. The Morgan fingerprint density at radius 1 is 0.769 bits per heavy atom. The van der Waals surface area contributed by atoms with E-state index < -0.39 is 50.3 Å². The molecule has 136 valence electrons. The molecule has 3 rings (SSSR count). The van der Waals surface area contributed by atoms with Gasteiger partial charge in [-0.15, -0.1) is 0 Å². The molecule has 0 spiro atoms. The number of para-hydroxylation sites is 1. The molecule has 0 N–H and O–H groups in total. The number of nitrogens with zero attached hydrogens (tertiary/aromatic N) is 2. The smallest absolute Gasteiger partial charge is 0.250 e. The Hall–Kier alpha value is -1.90. The fourth-order valence-corrected chi connectivity index (χ4v) is 2.28. The van der Waals surface area contributed by atoms with E-state index in [0.29, 0.717) is 0 Å². The average molecular weight is 430 g/mol. The van der Waals surface area contributed by atoms with Crippen molar-refractivity contribution in [1.29, 1.82) is 0 Å². The van der Waals surface area contributed by atoms with Crippen LogP contribution in [0.15, 0.2) is 24.3 Å². The van der Waals surface area contributed by atoms with E-state index in [9.17, 15) is 22.0 Å². The quantitative estimate of drug-likeness (QED) is 0.219. The topological polar surface area (TPSA) is 35.0 Å². The van der Waals surface area contributed by atoms with Gasteiger partial charge in [0.05, 0.1) is 10.9 Å². The van der Waals surface area contributed by atoms with Crippen molar-refractivity contribution in [3.8, 4) is 11.6 Å². The van der Waals surface area contributed by atoms with Crippen LogP contribution in [-0.2, 0) is 3.79 Å². The van der Waals surface area contributed by atoms with Gasteiger partial charge in [0.15, 0.2) is 5.82 Å². The van der Waals surface area contributed by atoms with Crippen molar-refractivity contribution >= 4 is 45.7 Å². The second kappa shape index (κ2) is 6.68. The predicted octanol–water partition coefficient (Wildman–Crippen LogP) is 5.94. The molecule has 0 radical (unpaired) electrons. The van der Waals surface area contributed by atoms with Crippen molar-refractivity contribution in [3.05, 3.63) is 59.2 Å². The maximum Gasteiger partial charge on any atom is 0.250 e. The molecular formula is C15H4Cl3F5N2O. The summed E-state index contributed by atoms with van der Waals surface area (Å²) in [4.78, 5) is 7.69. The Kier molecular flexibility index (Phi) is 4.85. The van der Waals surface area contributed by atoms with Crippen LogP contribution in [0, 0.1) is 29.1 Å². The third-order valence-electron chi connectivity index (χ3n) is 3.19. The van der Waals surface area contributed by atoms with Crippen molar-refractivity contribution in [2.24, 2.45) is 0 Å². The molecule has 3 aromatic rings. The summed E-state index contributed by atoms with van der Waals surface area (Å²) in [6.45, 7) is 0. The highest BCUT2D eigenvalue weighted by Gasteiger charge is 2.31. The minimum absolute atomic E-state index is 0.0921. The van der Waals surface area contributed by atoms with Crippen LogP contribution in [-0.4, -0.2) is 9.97 Å². The van der Waals surface area contributed by atoms with Crippen molar-refractivity contribution < 1.29 is 26.7 Å². The number of aromatic nitrogens is 2. The maximum atomic E-state index is 13.9. The summed E-state index contributed by atoms with van der Waals surface area (Å²) in [5, 5.41) is 0.0921. The average Bonchev–Trinajstić information content (AvgIpc) is 2.61. The number of halogens is 8. The van der Waals surface area contributed by atoms with E-state index in [2.05, 4.69) is 9.97 Å². The van der Waals surface area contributed by atoms with E-state index in [1.807, 2.05) is 0 Å². The van der Waals surface area contributed by atoms with Crippen molar-refractivity contribution in [3.63, 3.8) is 0 Å². The van der Waals surface area contributed by atoms with Crippen LogP contribution in [0.4, 0.5) is 22.0 Å². The van der Waals surface area contributed by atoms with Crippen molar-refractivity contribution in [1.82, 2.24) is 9.97 Å². The Bertz CT molecular complexity index is 997. The molecule has 1 heterocycles. The third kappa shape index (κ3) is 3.24. The molecule has 0 saturated heterocycles. The van der Waals surface area contributed by atoms with Crippen LogP contribution >= 0.6 is 34.8 Å². The molecule has 0 saturated carbocycles. The van der Waals surface area contributed by atoms with E-state index in [0.717, 1.165) is 0 Å². The summed E-state index contributed by atoms with van der Waals surface area (Å²) < 4.78 is 70.3. The predicted molar refractivity (Wildman–Crippen MR) is 85.1 cm³/mol. The first-order valence-electron chi connectivity index (χ1n) is 6.64. The van der Waals surface area contributed by atoms with E-state index >= 15 is 0 Å². The maximum absolute atomic E-state index is 13.9. The van der Waals surface area contributed by atoms with E-state index in [-0.39, 0.29) is 10.9 Å². The largest absolute Gasteiger partial charge is 0.432 e. The summed E-state index contributed by atoms with van der Waals surface area (Å²) in [6.07, 6.45) is 0. The molecule has 0 fully saturated rings. The summed E-state index contributed by atoms with van der Waals surface area (Å²) in [7, 11) is 0. The minimum atomic E-state index is -2.32. The lowest BCUT2D eigenvalue weighted by Gasteiger charge is -2.14. The van der Waals surface area contributed by atoms with Gasteiger partial charge in [0.2, 0.25) is 44.5 Å². The fourth-order valence-electron chi connectivity index (χ4n) is 2.02. The number of rotatable bonds is 2. The minimum Gasteiger partial charge on any atom is -0.432 e. The molecule has 0 aliphatic carbocycles. The highest BCUT2D eigenvalue weighted by Crippen LogP contribution is 2.40. The Morgan fingerprint density at radius 2 is 1.31 bits per heavy atom. The molecule has 3 nitrogen and oxygen atoms in total. The zero-order chi connectivity index (χ0) is 19.2. The summed E-state index contributed by atoms with van der Waals surface area (Å²) in [5.74, 6) is -13.5. The van der Waals surface area contributed by atoms with Crippen LogP contribution in [0.2, 0.25) is 0 Å². The normalized spacial score (nSPS) is 11.8. The second-order valence-electron chi connectivity index (χ2n) is 4.87. The fraction of sp³-hybridized carbons (Fsp3) is 0.0667. The number of hydrogen-bond donors (Lipinski definition) is 0. The molecule has 26 heavy (non-hydrogen) atoms. The Morgan fingerprint density at radius 3 is 1.88 bits per heavy atom. The lowest BCUT2D eigenvalue weighted by Crippen LogP contribution is -2.10. The molecule has 0 aliphatic rings. The highest BCUT2D eigenvalue weighted by molar-refractivity contribution is 6.66. The lowest BCUT2D eigenvalue weighted by molar-refractivity contribution is 0.329. The first-order valence-corrected chi connectivity index (χ1v) is 7.78. The summed E-state index contributed by atoms with van der Waals surface area (Å²) in [5.41, 5.74) is 0.155. The van der Waals surface area contributed by atoms with Crippen LogP contribution in [0.3, 0.4) is 0 Å². The van der Waals surface area contributed by atoms with Gasteiger partial charge >= 0.3 is 0 Å². The van der Waals surface area contributed by atoms with Crippen molar-refractivity contribution in [2.45, 2.75) is 3.79 Å². The SMILES string of the molecule is Fc1c(F)c(F)c(Oc2nc(C(Cl)(Cl)Cl)nc3ccccc23)c(F)c1F. The van der Waals surface area contributed by atoms with Crippen molar-refractivity contribution in [2.75, 3.05) is 0 Å². The van der Waals surface area contributed by atoms with Gasteiger partial charge in [0.1, 0.15) is 0 Å². The van der Waals surface area contributed by atoms with Gasteiger partial charge in [-0.2, -0.15) is 13.8 Å². The molecule has 0 bridgehead atoms. The van der Waals surface area contributed by atoms with Gasteiger partial charge in [-0.05, 0) is 12.1 Å². The number of hydrogen-bond acceptors (Lipinski definition) is 3. The lowest BCUT2D eigenvalue weighted by atomic mass is 10.2. The van der Waals surface area contributed by atoms with Crippen LogP contribution in [0.5, 0.6) is 11.6 Å². The highest BCUT2D eigenvalue weighted by atomic mass is 35.6. The Balaban J connectivity index is 2.25. The summed E-state index contributed by atoms with van der Waals surface area (Å²) >= 11 is 17.1. The van der Waals surface area contributed by atoms with Gasteiger partial charge < -0.3 is 4.74 Å². The first-order chi connectivity index (χ1) is 12.1.